The van der Waals surface area contributed by atoms with E-state index >= 15 is 0 Å². The highest BCUT2D eigenvalue weighted by atomic mass is 35.5. The Morgan fingerprint density at radius 3 is 2.48 bits per heavy atom. The molecule has 0 aliphatic carbocycles. The molecule has 0 amide bonds. The fraction of sp³-hybridized carbons (Fsp3) is 0.400. The number of carbonyl (C=O) groups is 1. The predicted octanol–water partition coefficient (Wildman–Crippen LogP) is 3.99. The maximum Gasteiger partial charge on any atom is 0.321 e. The van der Waals surface area contributed by atoms with Crippen LogP contribution in [0.2, 0.25) is 0 Å². The summed E-state index contributed by atoms with van der Waals surface area (Å²) in [7, 11) is 0. The number of esters is 1. The monoisotopic (exact) mass is 354 g/mol. The van der Waals surface area contributed by atoms with Crippen LogP contribution in [0.3, 0.4) is 0 Å². The minimum Gasteiger partial charge on any atom is -0.461 e. The lowest BCUT2D eigenvalue weighted by Gasteiger charge is -2.40. The van der Waals surface area contributed by atoms with E-state index in [4.69, 9.17) is 16.3 Å². The van der Waals surface area contributed by atoms with Gasteiger partial charge in [0.25, 0.3) is 0 Å². The molecule has 25 heavy (non-hydrogen) atoms. The third-order valence-electron chi connectivity index (χ3n) is 5.40. The standard InChI is InChI=1S/C20H19ClN2O2/c21-11-20(24)25-16-9-14-6-7-15(10-16)23(14)19-8-5-13(12-22)17-3-1-2-4-18(17)19/h1-5,8,14-16H,6-7,9-11H2/t14-,15+,16+. The molecule has 0 N–H and O–H groups in total. The first-order valence-corrected chi connectivity index (χ1v) is 9.20. The molecule has 0 radical (unpaired) electrons. The minimum atomic E-state index is -0.330. The number of anilines is 1. The van der Waals surface area contributed by atoms with Gasteiger partial charge in [0.1, 0.15) is 12.0 Å². The Hall–Kier alpha value is -2.25. The number of hydrogen-bond acceptors (Lipinski definition) is 4. The van der Waals surface area contributed by atoms with E-state index in [1.54, 1.807) is 0 Å². The molecule has 3 atom stereocenters. The Morgan fingerprint density at radius 2 is 1.84 bits per heavy atom. The molecule has 128 valence electrons. The highest BCUT2D eigenvalue weighted by molar-refractivity contribution is 6.26. The van der Waals surface area contributed by atoms with Gasteiger partial charge >= 0.3 is 5.97 Å². The zero-order valence-electron chi connectivity index (χ0n) is 13.8. The van der Waals surface area contributed by atoms with Crippen molar-refractivity contribution in [3.05, 3.63) is 42.0 Å². The van der Waals surface area contributed by atoms with E-state index in [9.17, 15) is 10.1 Å². The lowest BCUT2D eigenvalue weighted by atomic mass is 9.96. The molecule has 0 saturated carbocycles. The fourth-order valence-electron chi connectivity index (χ4n) is 4.44. The van der Waals surface area contributed by atoms with Gasteiger partial charge in [0.15, 0.2) is 0 Å². The van der Waals surface area contributed by atoms with Crippen molar-refractivity contribution in [2.75, 3.05) is 10.8 Å². The number of halogens is 1. The van der Waals surface area contributed by atoms with Crippen LogP contribution >= 0.6 is 11.6 Å². The number of carbonyl (C=O) groups excluding carboxylic acids is 1. The molecule has 0 aromatic heterocycles. The maximum absolute atomic E-state index is 11.5. The topological polar surface area (TPSA) is 53.3 Å². The maximum atomic E-state index is 11.5. The first-order chi connectivity index (χ1) is 12.2. The molecule has 0 spiro atoms. The number of piperidine rings is 1. The number of benzene rings is 2. The van der Waals surface area contributed by atoms with Crippen molar-refractivity contribution in [3.8, 4) is 6.07 Å². The van der Waals surface area contributed by atoms with E-state index in [0.717, 1.165) is 36.5 Å². The normalized spacial score (nSPS) is 25.0. The Labute approximate surface area is 151 Å². The third kappa shape index (κ3) is 2.83. The van der Waals surface area contributed by atoms with Crippen LogP contribution in [-0.2, 0) is 9.53 Å². The number of ether oxygens (including phenoxy) is 1. The molecule has 4 nitrogen and oxygen atoms in total. The van der Waals surface area contributed by atoms with Crippen LogP contribution in [0, 0.1) is 11.3 Å². The van der Waals surface area contributed by atoms with Crippen LogP contribution in [0.5, 0.6) is 0 Å². The van der Waals surface area contributed by atoms with Crippen molar-refractivity contribution < 1.29 is 9.53 Å². The van der Waals surface area contributed by atoms with E-state index in [0.29, 0.717) is 17.6 Å². The molecular formula is C20H19ClN2O2. The quantitative estimate of drug-likeness (QED) is 0.617. The summed E-state index contributed by atoms with van der Waals surface area (Å²) in [5.74, 6) is -0.418. The Morgan fingerprint density at radius 1 is 1.16 bits per heavy atom. The molecule has 0 unspecified atom stereocenters. The van der Waals surface area contributed by atoms with Gasteiger partial charge in [-0.15, -0.1) is 11.6 Å². The molecule has 2 aromatic rings. The van der Waals surface area contributed by atoms with Gasteiger partial charge in [-0.3, -0.25) is 4.79 Å². The van der Waals surface area contributed by atoms with Gasteiger partial charge in [0, 0.05) is 41.4 Å². The van der Waals surface area contributed by atoms with Crippen LogP contribution < -0.4 is 4.90 Å². The number of fused-ring (bicyclic) bond motifs is 3. The number of hydrogen-bond donors (Lipinski definition) is 0. The number of rotatable bonds is 3. The second-order valence-corrected chi connectivity index (χ2v) is 7.07. The SMILES string of the molecule is N#Cc1ccc(N2[C@@H]3CC[C@H]2C[C@@H](OC(=O)CCl)C3)c2ccccc12. The average molecular weight is 355 g/mol. The van der Waals surface area contributed by atoms with Gasteiger partial charge in [-0.1, -0.05) is 24.3 Å². The van der Waals surface area contributed by atoms with Gasteiger partial charge in [-0.25, -0.2) is 0 Å². The number of nitriles is 1. The summed E-state index contributed by atoms with van der Waals surface area (Å²) in [6, 6.07) is 15.1. The lowest BCUT2D eigenvalue weighted by Crippen LogP contribution is -2.46. The summed E-state index contributed by atoms with van der Waals surface area (Å²) in [6.45, 7) is 0. The second kappa shape index (κ2) is 6.57. The van der Waals surface area contributed by atoms with Crippen molar-refractivity contribution in [2.45, 2.75) is 43.9 Å². The van der Waals surface area contributed by atoms with E-state index in [1.807, 2.05) is 24.3 Å². The molecule has 2 fully saturated rings. The van der Waals surface area contributed by atoms with Gasteiger partial charge in [-0.05, 0) is 25.0 Å². The number of nitrogens with zero attached hydrogens (tertiary/aromatic N) is 2. The van der Waals surface area contributed by atoms with Crippen molar-refractivity contribution in [2.24, 2.45) is 0 Å². The summed E-state index contributed by atoms with van der Waals surface area (Å²) in [6.07, 6.45) is 3.85. The van der Waals surface area contributed by atoms with Gasteiger partial charge in [0.2, 0.25) is 0 Å². The van der Waals surface area contributed by atoms with Crippen molar-refractivity contribution in [1.29, 1.82) is 5.26 Å². The summed E-state index contributed by atoms with van der Waals surface area (Å²) >= 11 is 5.57. The van der Waals surface area contributed by atoms with Crippen LogP contribution in [-0.4, -0.2) is 30.0 Å². The van der Waals surface area contributed by atoms with Crippen molar-refractivity contribution in [1.82, 2.24) is 0 Å². The van der Waals surface area contributed by atoms with E-state index in [-0.39, 0.29) is 18.0 Å². The van der Waals surface area contributed by atoms with Gasteiger partial charge in [0.05, 0.1) is 11.6 Å². The molecule has 2 bridgehead atoms. The van der Waals surface area contributed by atoms with Crippen molar-refractivity contribution >= 4 is 34.0 Å². The molecule has 2 aromatic carbocycles. The Bertz CT molecular complexity index is 846. The van der Waals surface area contributed by atoms with Gasteiger partial charge in [-0.2, -0.15) is 5.26 Å². The summed E-state index contributed by atoms with van der Waals surface area (Å²) < 4.78 is 5.49. The van der Waals surface area contributed by atoms with Gasteiger partial charge < -0.3 is 9.64 Å². The molecular weight excluding hydrogens is 336 g/mol. The minimum absolute atomic E-state index is 0.0374. The largest absolute Gasteiger partial charge is 0.461 e. The second-order valence-electron chi connectivity index (χ2n) is 6.80. The first-order valence-electron chi connectivity index (χ1n) is 8.67. The van der Waals surface area contributed by atoms with E-state index in [2.05, 4.69) is 23.1 Å². The van der Waals surface area contributed by atoms with Crippen LogP contribution in [0.15, 0.2) is 36.4 Å². The first kappa shape index (κ1) is 16.2. The summed E-state index contributed by atoms with van der Waals surface area (Å²) in [5, 5.41) is 11.5. The Kier molecular flexibility index (Phi) is 4.27. The highest BCUT2D eigenvalue weighted by Crippen LogP contribution is 2.43. The molecule has 2 heterocycles. The lowest BCUT2D eigenvalue weighted by molar-refractivity contribution is -0.147. The highest BCUT2D eigenvalue weighted by Gasteiger charge is 2.42. The van der Waals surface area contributed by atoms with Crippen LogP contribution in [0.4, 0.5) is 5.69 Å². The molecule has 2 aliphatic rings. The molecule has 2 aliphatic heterocycles. The number of alkyl halides is 1. The summed E-state index contributed by atoms with van der Waals surface area (Å²) in [5.41, 5.74) is 1.89. The zero-order chi connectivity index (χ0) is 17.4. The van der Waals surface area contributed by atoms with E-state index < -0.39 is 0 Å². The third-order valence-corrected chi connectivity index (χ3v) is 5.61. The van der Waals surface area contributed by atoms with Crippen molar-refractivity contribution in [3.63, 3.8) is 0 Å². The van der Waals surface area contributed by atoms with Crippen LogP contribution in [0.25, 0.3) is 10.8 Å². The fourth-order valence-corrected chi connectivity index (χ4v) is 4.50. The zero-order valence-corrected chi connectivity index (χ0v) is 14.6. The predicted molar refractivity (Wildman–Crippen MR) is 97.8 cm³/mol. The smallest absolute Gasteiger partial charge is 0.321 e. The molecule has 4 rings (SSSR count). The van der Waals surface area contributed by atoms with Crippen LogP contribution in [0.1, 0.15) is 31.2 Å². The molecule has 2 saturated heterocycles. The van der Waals surface area contributed by atoms with E-state index in [1.165, 1.54) is 5.69 Å². The average Bonchev–Trinajstić information content (AvgIpc) is 2.90. The molecule has 5 heteroatoms. The Balaban J connectivity index is 1.67. The summed E-state index contributed by atoms with van der Waals surface area (Å²) in [4.78, 5) is 14.0.